The van der Waals surface area contributed by atoms with Crippen molar-refractivity contribution in [2.24, 2.45) is 0 Å². The van der Waals surface area contributed by atoms with Crippen molar-refractivity contribution >= 4 is 23.2 Å². The molecule has 0 saturated carbocycles. The summed E-state index contributed by atoms with van der Waals surface area (Å²) in [6.45, 7) is 3.85. The number of amides is 2. The number of nitrogens with zero attached hydrogens (tertiary/aromatic N) is 2. The van der Waals surface area contributed by atoms with Crippen LogP contribution in [0.25, 0.3) is 0 Å². The summed E-state index contributed by atoms with van der Waals surface area (Å²) in [4.78, 5) is 31.4. The highest BCUT2D eigenvalue weighted by Crippen LogP contribution is 2.28. The fourth-order valence-electron chi connectivity index (χ4n) is 4.14. The van der Waals surface area contributed by atoms with E-state index in [9.17, 15) is 9.59 Å². The Morgan fingerprint density at radius 3 is 2.24 bits per heavy atom. The Bertz CT molecular complexity index is 1160. The van der Waals surface area contributed by atoms with Crippen LogP contribution in [0, 0.1) is 6.92 Å². The van der Waals surface area contributed by atoms with Crippen molar-refractivity contribution in [1.82, 2.24) is 9.80 Å². The summed E-state index contributed by atoms with van der Waals surface area (Å²) < 4.78 is 16.0. The Morgan fingerprint density at radius 1 is 0.816 bits per heavy atom. The van der Waals surface area contributed by atoms with E-state index in [4.69, 9.17) is 14.2 Å². The number of thiophene rings is 1. The minimum absolute atomic E-state index is 0.0212. The molecular weight excluding hydrogens is 500 g/mol. The highest BCUT2D eigenvalue weighted by molar-refractivity contribution is 7.10. The molecule has 0 saturated heterocycles. The normalized spacial score (nSPS) is 10.7. The molecule has 0 aliphatic rings. The third kappa shape index (κ3) is 8.60. The van der Waals surface area contributed by atoms with Crippen molar-refractivity contribution in [1.29, 1.82) is 0 Å². The standard InChI is InChI=1S/C30H38N2O5S/c1-23-15-19-38-28(23)21-31(16-14-25-10-12-26(36-3)27(20-25)37-4)30(34)22-32(17-18-35-2)29(33)13-11-24-8-6-5-7-9-24/h5-10,12,15,19-20H,11,13-14,16-18,21-22H2,1-4H3. The Morgan fingerprint density at radius 2 is 1.58 bits per heavy atom. The van der Waals surface area contributed by atoms with Gasteiger partial charge in [0.25, 0.3) is 0 Å². The van der Waals surface area contributed by atoms with E-state index in [1.54, 1.807) is 37.6 Å². The van der Waals surface area contributed by atoms with Gasteiger partial charge in [-0.25, -0.2) is 0 Å². The molecule has 2 amide bonds. The number of benzene rings is 2. The number of carbonyl (C=O) groups is 2. The lowest BCUT2D eigenvalue weighted by Gasteiger charge is -2.28. The Balaban J connectivity index is 1.72. The van der Waals surface area contributed by atoms with Crippen LogP contribution >= 0.6 is 11.3 Å². The van der Waals surface area contributed by atoms with Crippen LogP contribution < -0.4 is 9.47 Å². The quantitative estimate of drug-likeness (QED) is 0.279. The van der Waals surface area contributed by atoms with Gasteiger partial charge < -0.3 is 24.0 Å². The molecule has 3 aromatic rings. The molecule has 1 aromatic heterocycles. The molecule has 7 nitrogen and oxygen atoms in total. The SMILES string of the molecule is COCCN(CC(=O)N(CCc1ccc(OC)c(OC)c1)Cc1sccc1C)C(=O)CCc1ccccc1. The summed E-state index contributed by atoms with van der Waals surface area (Å²) in [5, 5.41) is 2.04. The predicted molar refractivity (Wildman–Crippen MR) is 151 cm³/mol. The largest absolute Gasteiger partial charge is 0.493 e. The third-order valence-corrected chi connectivity index (χ3v) is 7.50. The number of aryl methyl sites for hydroxylation is 2. The smallest absolute Gasteiger partial charge is 0.242 e. The molecule has 204 valence electrons. The molecule has 0 radical (unpaired) electrons. The van der Waals surface area contributed by atoms with Gasteiger partial charge in [-0.05, 0) is 60.0 Å². The monoisotopic (exact) mass is 538 g/mol. The van der Waals surface area contributed by atoms with Crippen molar-refractivity contribution in [3.05, 3.63) is 81.5 Å². The second-order valence-electron chi connectivity index (χ2n) is 9.08. The zero-order valence-electron chi connectivity index (χ0n) is 22.8. The first-order valence-electron chi connectivity index (χ1n) is 12.8. The van der Waals surface area contributed by atoms with Crippen LogP contribution in [-0.4, -0.2) is 69.2 Å². The molecular formula is C30H38N2O5S. The van der Waals surface area contributed by atoms with E-state index in [0.29, 0.717) is 57.0 Å². The Labute approximate surface area is 229 Å². The molecule has 3 rings (SSSR count). The first-order chi connectivity index (χ1) is 18.4. The molecule has 0 N–H and O–H groups in total. The number of carbonyl (C=O) groups excluding carboxylic acids is 2. The molecule has 2 aromatic carbocycles. The summed E-state index contributed by atoms with van der Waals surface area (Å²) in [5.41, 5.74) is 3.30. The third-order valence-electron chi connectivity index (χ3n) is 6.49. The van der Waals surface area contributed by atoms with Crippen molar-refractivity contribution in [3.63, 3.8) is 0 Å². The van der Waals surface area contributed by atoms with Gasteiger partial charge in [-0.15, -0.1) is 11.3 Å². The molecule has 0 bridgehead atoms. The number of methoxy groups -OCH3 is 3. The highest BCUT2D eigenvalue weighted by Gasteiger charge is 2.22. The van der Waals surface area contributed by atoms with Crippen LogP contribution in [-0.2, 0) is 33.7 Å². The van der Waals surface area contributed by atoms with Gasteiger partial charge in [0.2, 0.25) is 11.8 Å². The van der Waals surface area contributed by atoms with Gasteiger partial charge in [-0.3, -0.25) is 9.59 Å². The first kappa shape index (κ1) is 29.2. The number of ether oxygens (including phenoxy) is 3. The van der Waals surface area contributed by atoms with E-state index in [1.807, 2.05) is 58.8 Å². The maximum absolute atomic E-state index is 13.6. The fourth-order valence-corrected chi connectivity index (χ4v) is 5.06. The topological polar surface area (TPSA) is 68.3 Å². The van der Waals surface area contributed by atoms with Gasteiger partial charge in [-0.1, -0.05) is 36.4 Å². The van der Waals surface area contributed by atoms with E-state index in [0.717, 1.165) is 21.6 Å². The molecule has 0 aliphatic carbocycles. The zero-order valence-corrected chi connectivity index (χ0v) is 23.6. The molecule has 0 aliphatic heterocycles. The summed E-state index contributed by atoms with van der Waals surface area (Å²) in [7, 11) is 4.82. The van der Waals surface area contributed by atoms with Gasteiger partial charge in [0.05, 0.1) is 33.9 Å². The molecule has 0 unspecified atom stereocenters. The average Bonchev–Trinajstić information content (AvgIpc) is 3.35. The van der Waals surface area contributed by atoms with Crippen LogP contribution in [0.3, 0.4) is 0 Å². The lowest BCUT2D eigenvalue weighted by Crippen LogP contribution is -2.44. The van der Waals surface area contributed by atoms with E-state index in [-0.39, 0.29) is 18.4 Å². The maximum Gasteiger partial charge on any atom is 0.242 e. The first-order valence-corrected chi connectivity index (χ1v) is 13.7. The molecule has 8 heteroatoms. The van der Waals surface area contributed by atoms with E-state index < -0.39 is 0 Å². The fraction of sp³-hybridized carbons (Fsp3) is 0.400. The average molecular weight is 539 g/mol. The maximum atomic E-state index is 13.6. The van der Waals surface area contributed by atoms with Gasteiger partial charge in [0.1, 0.15) is 0 Å². The van der Waals surface area contributed by atoms with E-state index in [2.05, 4.69) is 13.0 Å². The predicted octanol–water partition coefficient (Wildman–Crippen LogP) is 4.75. The van der Waals surface area contributed by atoms with Gasteiger partial charge in [-0.2, -0.15) is 0 Å². The molecule has 0 atom stereocenters. The summed E-state index contributed by atoms with van der Waals surface area (Å²) >= 11 is 1.64. The molecule has 1 heterocycles. The lowest BCUT2D eigenvalue weighted by atomic mass is 10.1. The van der Waals surface area contributed by atoms with Crippen molar-refractivity contribution < 1.29 is 23.8 Å². The number of hydrogen-bond acceptors (Lipinski definition) is 6. The molecule has 0 fully saturated rings. The minimum Gasteiger partial charge on any atom is -0.493 e. The van der Waals surface area contributed by atoms with Crippen molar-refractivity contribution in [2.45, 2.75) is 32.7 Å². The summed E-state index contributed by atoms with van der Waals surface area (Å²) in [5.74, 6) is 1.20. The van der Waals surface area contributed by atoms with Gasteiger partial charge in [0, 0.05) is 31.5 Å². The van der Waals surface area contributed by atoms with Gasteiger partial charge >= 0.3 is 0 Å². The number of hydrogen-bond donors (Lipinski definition) is 0. The molecule has 0 spiro atoms. The van der Waals surface area contributed by atoms with Crippen molar-refractivity contribution in [3.8, 4) is 11.5 Å². The lowest BCUT2D eigenvalue weighted by molar-refractivity contribution is -0.141. The summed E-state index contributed by atoms with van der Waals surface area (Å²) in [6, 6.07) is 17.8. The van der Waals surface area contributed by atoms with Crippen LogP contribution in [0.15, 0.2) is 60.0 Å². The van der Waals surface area contributed by atoms with E-state index in [1.165, 1.54) is 0 Å². The Kier molecular flexibility index (Phi) is 11.6. The second-order valence-corrected chi connectivity index (χ2v) is 10.1. The van der Waals surface area contributed by atoms with Crippen LogP contribution in [0.2, 0.25) is 0 Å². The second kappa shape index (κ2) is 15.1. The van der Waals surface area contributed by atoms with Crippen molar-refractivity contribution in [2.75, 3.05) is 47.6 Å². The van der Waals surface area contributed by atoms with Crippen LogP contribution in [0.5, 0.6) is 11.5 Å². The van der Waals surface area contributed by atoms with Crippen LogP contribution in [0.4, 0.5) is 0 Å². The highest BCUT2D eigenvalue weighted by atomic mass is 32.1. The zero-order chi connectivity index (χ0) is 27.3. The summed E-state index contributed by atoms with van der Waals surface area (Å²) in [6.07, 6.45) is 1.63. The van der Waals surface area contributed by atoms with Gasteiger partial charge in [0.15, 0.2) is 11.5 Å². The van der Waals surface area contributed by atoms with Crippen LogP contribution in [0.1, 0.15) is 28.0 Å². The Hall–Kier alpha value is -3.36. The number of rotatable bonds is 15. The molecule has 38 heavy (non-hydrogen) atoms. The van der Waals surface area contributed by atoms with E-state index >= 15 is 0 Å². The minimum atomic E-state index is -0.0811.